The molecule has 0 aromatic rings. The first-order valence-corrected chi connectivity index (χ1v) is 6.44. The highest BCUT2D eigenvalue weighted by molar-refractivity contribution is 7.80. The minimum absolute atomic E-state index is 0.0175. The first kappa shape index (κ1) is 12.2. The third-order valence-electron chi connectivity index (χ3n) is 3.24. The summed E-state index contributed by atoms with van der Waals surface area (Å²) >= 11 is 4.28. The molecule has 1 heterocycles. The van der Waals surface area contributed by atoms with Crippen molar-refractivity contribution in [3.8, 4) is 0 Å². The van der Waals surface area contributed by atoms with Gasteiger partial charge in [-0.3, -0.25) is 4.79 Å². The Labute approximate surface area is 101 Å². The summed E-state index contributed by atoms with van der Waals surface area (Å²) in [5, 5.41) is 2.90. The standard InChI is InChI=1S/C11H19NO3S/c13-10(5-11(8-16)1-2-11)12-6-9-7-14-3-4-15-9/h9,16H,1-8H2,(H,12,13). The molecule has 0 spiro atoms. The Balaban J connectivity index is 1.63. The second-order valence-electron chi connectivity index (χ2n) is 4.71. The molecule has 2 fully saturated rings. The summed E-state index contributed by atoms with van der Waals surface area (Å²) in [6, 6.07) is 0. The lowest BCUT2D eigenvalue weighted by Gasteiger charge is -2.23. The van der Waals surface area contributed by atoms with Gasteiger partial charge in [0.1, 0.15) is 0 Å². The van der Waals surface area contributed by atoms with Crippen LogP contribution < -0.4 is 5.32 Å². The van der Waals surface area contributed by atoms with Gasteiger partial charge in [0.2, 0.25) is 5.91 Å². The fourth-order valence-electron chi connectivity index (χ4n) is 1.85. The second kappa shape index (κ2) is 5.38. The lowest BCUT2D eigenvalue weighted by atomic mass is 10.1. The number of carbonyl (C=O) groups excluding carboxylic acids is 1. The van der Waals surface area contributed by atoms with Gasteiger partial charge >= 0.3 is 0 Å². The van der Waals surface area contributed by atoms with Crippen LogP contribution in [0.25, 0.3) is 0 Å². The van der Waals surface area contributed by atoms with Gasteiger partial charge in [-0.15, -0.1) is 0 Å². The van der Waals surface area contributed by atoms with Crippen molar-refractivity contribution in [3.63, 3.8) is 0 Å². The molecule has 0 bridgehead atoms. The van der Waals surface area contributed by atoms with Gasteiger partial charge in [0.15, 0.2) is 0 Å². The van der Waals surface area contributed by atoms with Gasteiger partial charge < -0.3 is 14.8 Å². The van der Waals surface area contributed by atoms with E-state index in [4.69, 9.17) is 9.47 Å². The van der Waals surface area contributed by atoms with E-state index in [2.05, 4.69) is 17.9 Å². The van der Waals surface area contributed by atoms with E-state index in [1.807, 2.05) is 0 Å². The molecule has 2 aliphatic rings. The lowest BCUT2D eigenvalue weighted by molar-refractivity contribution is -0.124. The average Bonchev–Trinajstić information content (AvgIpc) is 3.08. The summed E-state index contributed by atoms with van der Waals surface area (Å²) in [6.45, 7) is 2.42. The number of hydrogen-bond acceptors (Lipinski definition) is 4. The monoisotopic (exact) mass is 245 g/mol. The van der Waals surface area contributed by atoms with Crippen LogP contribution in [0.1, 0.15) is 19.3 Å². The minimum Gasteiger partial charge on any atom is -0.376 e. The highest BCUT2D eigenvalue weighted by atomic mass is 32.1. The average molecular weight is 245 g/mol. The van der Waals surface area contributed by atoms with Crippen LogP contribution in [0.2, 0.25) is 0 Å². The summed E-state index contributed by atoms with van der Waals surface area (Å²) in [7, 11) is 0. The van der Waals surface area contributed by atoms with Gasteiger partial charge in [-0.2, -0.15) is 12.6 Å². The Morgan fingerprint density at radius 2 is 2.25 bits per heavy atom. The number of rotatable bonds is 5. The molecule has 1 unspecified atom stereocenters. The van der Waals surface area contributed by atoms with E-state index in [-0.39, 0.29) is 17.4 Å². The Hall–Kier alpha value is -0.260. The highest BCUT2D eigenvalue weighted by Gasteiger charge is 2.42. The van der Waals surface area contributed by atoms with Crippen molar-refractivity contribution in [2.45, 2.75) is 25.4 Å². The van der Waals surface area contributed by atoms with E-state index >= 15 is 0 Å². The molecular formula is C11H19NO3S. The van der Waals surface area contributed by atoms with Crippen LogP contribution in [-0.2, 0) is 14.3 Å². The van der Waals surface area contributed by atoms with Gasteiger partial charge in [0.25, 0.3) is 0 Å². The van der Waals surface area contributed by atoms with Crippen LogP contribution in [0, 0.1) is 5.41 Å². The van der Waals surface area contributed by atoms with Gasteiger partial charge in [-0.1, -0.05) is 0 Å². The van der Waals surface area contributed by atoms with Crippen molar-refractivity contribution in [2.75, 3.05) is 32.1 Å². The molecular weight excluding hydrogens is 226 g/mol. The van der Waals surface area contributed by atoms with Crippen LogP contribution >= 0.6 is 12.6 Å². The zero-order valence-corrected chi connectivity index (χ0v) is 10.3. The molecule has 2 rings (SSSR count). The van der Waals surface area contributed by atoms with Crippen LogP contribution in [0.4, 0.5) is 0 Å². The maximum absolute atomic E-state index is 11.7. The zero-order valence-electron chi connectivity index (χ0n) is 9.41. The quantitative estimate of drug-likeness (QED) is 0.698. The van der Waals surface area contributed by atoms with Crippen LogP contribution in [0.3, 0.4) is 0 Å². The smallest absolute Gasteiger partial charge is 0.220 e. The summed E-state index contributed by atoms with van der Waals surface area (Å²) in [5.74, 6) is 0.921. The number of carbonyl (C=O) groups is 1. The Morgan fingerprint density at radius 3 is 2.81 bits per heavy atom. The fraction of sp³-hybridized carbons (Fsp3) is 0.909. The molecule has 0 aromatic heterocycles. The fourth-order valence-corrected chi connectivity index (χ4v) is 2.28. The van der Waals surface area contributed by atoms with Crippen molar-refractivity contribution in [2.24, 2.45) is 5.41 Å². The summed E-state index contributed by atoms with van der Waals surface area (Å²) in [4.78, 5) is 11.7. The minimum atomic E-state index is 0.0175. The van der Waals surface area contributed by atoms with E-state index in [0.29, 0.717) is 32.8 Å². The molecule has 16 heavy (non-hydrogen) atoms. The number of nitrogens with one attached hydrogen (secondary N) is 1. The number of amides is 1. The molecule has 5 heteroatoms. The molecule has 0 aromatic carbocycles. The van der Waals surface area contributed by atoms with Crippen LogP contribution in [0.5, 0.6) is 0 Å². The molecule has 1 aliphatic heterocycles. The third kappa shape index (κ3) is 3.37. The van der Waals surface area contributed by atoms with Crippen molar-refractivity contribution >= 4 is 18.5 Å². The molecule has 1 aliphatic carbocycles. The normalized spacial score (nSPS) is 27.4. The molecule has 1 atom stereocenters. The summed E-state index contributed by atoms with van der Waals surface area (Å²) < 4.78 is 10.7. The number of thiol groups is 1. The second-order valence-corrected chi connectivity index (χ2v) is 5.02. The largest absolute Gasteiger partial charge is 0.376 e. The van der Waals surface area contributed by atoms with Crippen LogP contribution in [0.15, 0.2) is 0 Å². The van der Waals surface area contributed by atoms with Crippen LogP contribution in [-0.4, -0.2) is 44.1 Å². The predicted molar refractivity (Wildman–Crippen MR) is 63.7 cm³/mol. The Bertz CT molecular complexity index is 250. The van der Waals surface area contributed by atoms with Gasteiger partial charge in [-0.25, -0.2) is 0 Å². The van der Waals surface area contributed by atoms with Crippen molar-refractivity contribution < 1.29 is 14.3 Å². The Kier molecular flexibility index (Phi) is 4.10. The lowest BCUT2D eigenvalue weighted by Crippen LogP contribution is -2.40. The number of hydrogen-bond donors (Lipinski definition) is 2. The molecule has 1 N–H and O–H groups in total. The first-order chi connectivity index (χ1) is 7.74. The van der Waals surface area contributed by atoms with E-state index in [1.54, 1.807) is 0 Å². The maximum atomic E-state index is 11.7. The highest BCUT2D eigenvalue weighted by Crippen LogP contribution is 2.49. The molecule has 1 amide bonds. The molecule has 4 nitrogen and oxygen atoms in total. The maximum Gasteiger partial charge on any atom is 0.220 e. The van der Waals surface area contributed by atoms with E-state index in [1.165, 1.54) is 0 Å². The SMILES string of the molecule is O=C(CC1(CS)CC1)NCC1COCCO1. The van der Waals surface area contributed by atoms with Crippen molar-refractivity contribution in [1.82, 2.24) is 5.32 Å². The predicted octanol–water partition coefficient (Wildman–Crippen LogP) is 0.618. The van der Waals surface area contributed by atoms with Crippen molar-refractivity contribution in [3.05, 3.63) is 0 Å². The summed E-state index contributed by atoms with van der Waals surface area (Å²) in [6.07, 6.45) is 2.88. The van der Waals surface area contributed by atoms with Gasteiger partial charge in [0, 0.05) is 13.0 Å². The van der Waals surface area contributed by atoms with Gasteiger partial charge in [0.05, 0.1) is 25.9 Å². The summed E-state index contributed by atoms with van der Waals surface area (Å²) in [5.41, 5.74) is 0.192. The Morgan fingerprint density at radius 1 is 1.44 bits per heavy atom. The topological polar surface area (TPSA) is 47.6 Å². The molecule has 1 saturated heterocycles. The van der Waals surface area contributed by atoms with Gasteiger partial charge in [-0.05, 0) is 24.0 Å². The molecule has 1 saturated carbocycles. The third-order valence-corrected chi connectivity index (χ3v) is 3.91. The zero-order chi connectivity index (χ0) is 11.4. The van der Waals surface area contributed by atoms with E-state index in [0.717, 1.165) is 18.6 Å². The van der Waals surface area contributed by atoms with E-state index < -0.39 is 0 Å². The molecule has 0 radical (unpaired) electrons. The number of ether oxygens (including phenoxy) is 2. The molecule has 92 valence electrons. The first-order valence-electron chi connectivity index (χ1n) is 5.81. The van der Waals surface area contributed by atoms with E-state index in [9.17, 15) is 4.79 Å². The van der Waals surface area contributed by atoms with Crippen molar-refractivity contribution in [1.29, 1.82) is 0 Å².